The van der Waals surface area contributed by atoms with E-state index in [1.54, 1.807) is 0 Å². The van der Waals surface area contributed by atoms with Crippen molar-refractivity contribution in [2.75, 3.05) is 6.54 Å². The molecular formula is C14H19NO. The van der Waals surface area contributed by atoms with Crippen LogP contribution in [0, 0.1) is 0 Å². The van der Waals surface area contributed by atoms with Gasteiger partial charge in [-0.05, 0) is 18.1 Å². The Labute approximate surface area is 97.3 Å². The molecule has 2 rings (SSSR count). The van der Waals surface area contributed by atoms with Gasteiger partial charge in [0.25, 0.3) is 5.91 Å². The zero-order valence-corrected chi connectivity index (χ0v) is 9.91. The molecule has 1 aliphatic rings. The monoisotopic (exact) mass is 217 g/mol. The van der Waals surface area contributed by atoms with Gasteiger partial charge in [-0.2, -0.15) is 0 Å². The number of amides is 1. The van der Waals surface area contributed by atoms with Gasteiger partial charge in [-0.3, -0.25) is 4.79 Å². The molecule has 0 fully saturated rings. The number of fused-ring (bicyclic) bond motifs is 1. The predicted molar refractivity (Wildman–Crippen MR) is 65.3 cm³/mol. The lowest BCUT2D eigenvalue weighted by Crippen LogP contribution is -2.24. The molecule has 2 heteroatoms. The van der Waals surface area contributed by atoms with Crippen molar-refractivity contribution in [2.24, 2.45) is 0 Å². The molecule has 1 aliphatic heterocycles. The minimum Gasteiger partial charge on any atom is -0.334 e. The second-order valence-corrected chi connectivity index (χ2v) is 4.44. The van der Waals surface area contributed by atoms with Gasteiger partial charge in [0.15, 0.2) is 0 Å². The average Bonchev–Trinajstić information content (AvgIpc) is 2.63. The molecule has 2 nitrogen and oxygen atoms in total. The summed E-state index contributed by atoms with van der Waals surface area (Å²) in [6, 6.07) is 7.94. The maximum Gasteiger partial charge on any atom is 0.254 e. The maximum atomic E-state index is 12.0. The summed E-state index contributed by atoms with van der Waals surface area (Å²) in [7, 11) is 0. The summed E-state index contributed by atoms with van der Waals surface area (Å²) < 4.78 is 0. The van der Waals surface area contributed by atoms with Crippen molar-refractivity contribution in [1.82, 2.24) is 4.90 Å². The third-order valence-corrected chi connectivity index (χ3v) is 3.18. The van der Waals surface area contributed by atoms with Crippen LogP contribution in [0.25, 0.3) is 0 Å². The van der Waals surface area contributed by atoms with Gasteiger partial charge in [0.2, 0.25) is 0 Å². The van der Waals surface area contributed by atoms with Crippen LogP contribution in [-0.4, -0.2) is 17.4 Å². The Morgan fingerprint density at radius 2 is 2.00 bits per heavy atom. The van der Waals surface area contributed by atoms with Crippen LogP contribution in [0.1, 0.15) is 48.5 Å². The highest BCUT2D eigenvalue weighted by atomic mass is 16.2. The highest BCUT2D eigenvalue weighted by Crippen LogP contribution is 2.22. The summed E-state index contributed by atoms with van der Waals surface area (Å²) in [6.07, 6.45) is 4.88. The van der Waals surface area contributed by atoms with Crippen LogP contribution in [0.4, 0.5) is 0 Å². The minimum absolute atomic E-state index is 0.215. The first kappa shape index (κ1) is 11.2. The highest BCUT2D eigenvalue weighted by molar-refractivity contribution is 5.98. The first-order chi connectivity index (χ1) is 7.83. The second-order valence-electron chi connectivity index (χ2n) is 4.44. The fraction of sp³-hybridized carbons (Fsp3) is 0.500. The van der Waals surface area contributed by atoms with Gasteiger partial charge >= 0.3 is 0 Å². The normalized spacial score (nSPS) is 14.3. The van der Waals surface area contributed by atoms with E-state index in [2.05, 4.69) is 13.0 Å². The standard InChI is InChI=1S/C14H19NO/c1-2-3-4-7-10-15-11-12-8-5-6-9-13(12)14(15)16/h5-6,8-9H,2-4,7,10-11H2,1H3. The second kappa shape index (κ2) is 5.15. The Morgan fingerprint density at radius 3 is 2.75 bits per heavy atom. The number of carbonyl (C=O) groups excluding carboxylic acids is 1. The van der Waals surface area contributed by atoms with Crippen LogP contribution >= 0.6 is 0 Å². The number of hydrogen-bond donors (Lipinski definition) is 0. The average molecular weight is 217 g/mol. The summed E-state index contributed by atoms with van der Waals surface area (Å²) in [5.41, 5.74) is 2.08. The van der Waals surface area contributed by atoms with Crippen molar-refractivity contribution in [1.29, 1.82) is 0 Å². The number of benzene rings is 1. The van der Waals surface area contributed by atoms with E-state index in [9.17, 15) is 4.79 Å². The summed E-state index contributed by atoms with van der Waals surface area (Å²) in [5, 5.41) is 0. The van der Waals surface area contributed by atoms with Crippen LogP contribution in [0.3, 0.4) is 0 Å². The van der Waals surface area contributed by atoms with Gasteiger partial charge in [0.1, 0.15) is 0 Å². The van der Waals surface area contributed by atoms with Crippen LogP contribution in [-0.2, 0) is 6.54 Å². The van der Waals surface area contributed by atoms with Gasteiger partial charge in [0, 0.05) is 18.7 Å². The summed E-state index contributed by atoms with van der Waals surface area (Å²) in [4.78, 5) is 14.0. The largest absolute Gasteiger partial charge is 0.334 e. The Balaban J connectivity index is 1.89. The van der Waals surface area contributed by atoms with E-state index in [1.165, 1.54) is 24.8 Å². The molecule has 0 saturated heterocycles. The molecule has 0 saturated carbocycles. The third-order valence-electron chi connectivity index (χ3n) is 3.18. The molecule has 1 aromatic carbocycles. The molecular weight excluding hydrogens is 198 g/mol. The van der Waals surface area contributed by atoms with Crippen molar-refractivity contribution in [3.63, 3.8) is 0 Å². The van der Waals surface area contributed by atoms with E-state index < -0.39 is 0 Å². The number of carbonyl (C=O) groups is 1. The smallest absolute Gasteiger partial charge is 0.254 e. The quantitative estimate of drug-likeness (QED) is 0.693. The molecule has 0 unspecified atom stereocenters. The fourth-order valence-electron chi connectivity index (χ4n) is 2.22. The number of nitrogens with zero attached hydrogens (tertiary/aromatic N) is 1. The summed E-state index contributed by atoms with van der Waals surface area (Å²) in [5.74, 6) is 0.215. The van der Waals surface area contributed by atoms with Gasteiger partial charge < -0.3 is 4.90 Å². The first-order valence-corrected chi connectivity index (χ1v) is 6.20. The Bertz CT molecular complexity index is 373. The first-order valence-electron chi connectivity index (χ1n) is 6.20. The fourth-order valence-corrected chi connectivity index (χ4v) is 2.22. The zero-order chi connectivity index (χ0) is 11.4. The van der Waals surface area contributed by atoms with E-state index in [1.807, 2.05) is 23.1 Å². The molecule has 0 bridgehead atoms. The van der Waals surface area contributed by atoms with E-state index in [0.29, 0.717) is 0 Å². The van der Waals surface area contributed by atoms with Crippen LogP contribution in [0.2, 0.25) is 0 Å². The molecule has 86 valence electrons. The van der Waals surface area contributed by atoms with E-state index in [4.69, 9.17) is 0 Å². The molecule has 0 spiro atoms. The summed E-state index contributed by atoms with van der Waals surface area (Å²) in [6.45, 7) is 3.92. The van der Waals surface area contributed by atoms with E-state index >= 15 is 0 Å². The lowest BCUT2D eigenvalue weighted by molar-refractivity contribution is 0.0775. The lowest BCUT2D eigenvalue weighted by atomic mass is 10.1. The third kappa shape index (κ3) is 2.26. The number of rotatable bonds is 5. The van der Waals surface area contributed by atoms with Crippen LogP contribution in [0.5, 0.6) is 0 Å². The van der Waals surface area contributed by atoms with Crippen LogP contribution in [0.15, 0.2) is 24.3 Å². The molecule has 0 aromatic heterocycles. The van der Waals surface area contributed by atoms with Crippen molar-refractivity contribution >= 4 is 5.91 Å². The molecule has 0 radical (unpaired) electrons. The lowest BCUT2D eigenvalue weighted by Gasteiger charge is -2.14. The molecule has 1 aromatic rings. The van der Waals surface area contributed by atoms with Crippen molar-refractivity contribution in [3.05, 3.63) is 35.4 Å². The highest BCUT2D eigenvalue weighted by Gasteiger charge is 2.25. The molecule has 0 aliphatic carbocycles. The molecule has 16 heavy (non-hydrogen) atoms. The van der Waals surface area contributed by atoms with E-state index in [0.717, 1.165) is 25.1 Å². The Morgan fingerprint density at radius 1 is 1.19 bits per heavy atom. The molecule has 0 N–H and O–H groups in total. The zero-order valence-electron chi connectivity index (χ0n) is 9.91. The topological polar surface area (TPSA) is 20.3 Å². The Hall–Kier alpha value is -1.31. The Kier molecular flexibility index (Phi) is 3.60. The summed E-state index contributed by atoms with van der Waals surface area (Å²) >= 11 is 0. The van der Waals surface area contributed by atoms with Crippen molar-refractivity contribution < 1.29 is 4.79 Å². The van der Waals surface area contributed by atoms with Crippen LogP contribution < -0.4 is 0 Å². The maximum absolute atomic E-state index is 12.0. The van der Waals surface area contributed by atoms with Gasteiger partial charge in [0.05, 0.1) is 0 Å². The molecule has 0 atom stereocenters. The molecule has 1 amide bonds. The number of hydrogen-bond acceptors (Lipinski definition) is 1. The van der Waals surface area contributed by atoms with Gasteiger partial charge in [-0.15, -0.1) is 0 Å². The minimum atomic E-state index is 0.215. The van der Waals surface area contributed by atoms with E-state index in [-0.39, 0.29) is 5.91 Å². The predicted octanol–water partition coefficient (Wildman–Crippen LogP) is 3.22. The SMILES string of the molecule is CCCCCCN1Cc2ccccc2C1=O. The molecule has 1 heterocycles. The van der Waals surface area contributed by atoms with Crippen molar-refractivity contribution in [2.45, 2.75) is 39.2 Å². The van der Waals surface area contributed by atoms with Gasteiger partial charge in [-0.1, -0.05) is 44.4 Å². The number of unbranched alkanes of at least 4 members (excludes halogenated alkanes) is 3. The van der Waals surface area contributed by atoms with Crippen molar-refractivity contribution in [3.8, 4) is 0 Å². The van der Waals surface area contributed by atoms with Gasteiger partial charge in [-0.25, -0.2) is 0 Å².